The van der Waals surface area contributed by atoms with Gasteiger partial charge in [0, 0.05) is 57.6 Å². The van der Waals surface area contributed by atoms with Crippen LogP contribution in [0, 0.1) is 11.3 Å². The highest BCUT2D eigenvalue weighted by molar-refractivity contribution is 7.80. The van der Waals surface area contributed by atoms with Crippen molar-refractivity contribution in [2.75, 3.05) is 61.0 Å². The topological polar surface area (TPSA) is 159 Å². The normalized spacial score (nSPS) is 23.0. The van der Waals surface area contributed by atoms with E-state index >= 15 is 0 Å². The number of ether oxygens (including phenoxy) is 1. The maximum atomic E-state index is 14.4. The summed E-state index contributed by atoms with van der Waals surface area (Å²) in [7, 11) is 1.60. The molecule has 2 N–H and O–H groups in total. The van der Waals surface area contributed by atoms with E-state index in [2.05, 4.69) is 15.7 Å². The molecule has 2 aromatic carbocycles. The Morgan fingerprint density at radius 2 is 1.77 bits per heavy atom. The molecule has 1 aliphatic carbocycles. The van der Waals surface area contributed by atoms with Crippen molar-refractivity contribution in [1.29, 1.82) is 5.26 Å². The first kappa shape index (κ1) is 44.7. The number of halogens is 6. The molecule has 0 unspecified atom stereocenters. The molecular weight excluding hydrogens is 847 g/mol. The quantitative estimate of drug-likeness (QED) is 0.205. The molecule has 3 saturated heterocycles. The summed E-state index contributed by atoms with van der Waals surface area (Å²) in [6, 6.07) is 6.70. The van der Waals surface area contributed by atoms with Gasteiger partial charge in [-0.05, 0) is 82.1 Å². The molecule has 62 heavy (non-hydrogen) atoms. The Hall–Kier alpha value is -5.37. The van der Waals surface area contributed by atoms with E-state index in [1.54, 1.807) is 48.9 Å². The SMILES string of the molecule is Cn1nc(N2CCC(=O)NC2=O)c2cccc(NC(=O)CN3CCN(CCO[C@H]4CC[C@H](N5C(=S)N(c6ccc(C#N)c(C(F)(F)F)c6)C(=O)C5(C)C)CC4)C[C@@H]3C(F)(F)F)c21. The van der Waals surface area contributed by atoms with E-state index in [-0.39, 0.29) is 74.5 Å². The van der Waals surface area contributed by atoms with E-state index in [1.165, 1.54) is 21.7 Å². The third-order valence-corrected chi connectivity index (χ3v) is 12.3. The van der Waals surface area contributed by atoms with E-state index in [9.17, 15) is 50.8 Å². The first-order valence-electron chi connectivity index (χ1n) is 20.0. The van der Waals surface area contributed by atoms with Crippen LogP contribution < -0.4 is 20.4 Å². The van der Waals surface area contributed by atoms with Gasteiger partial charge in [-0.3, -0.25) is 44.0 Å². The van der Waals surface area contributed by atoms with Gasteiger partial charge in [0.1, 0.15) is 11.6 Å². The van der Waals surface area contributed by atoms with Gasteiger partial charge < -0.3 is 15.0 Å². The molecule has 1 saturated carbocycles. The number of alkyl halides is 6. The molecule has 4 aliphatic rings. The molecule has 3 aromatic rings. The van der Waals surface area contributed by atoms with Gasteiger partial charge in [-0.1, -0.05) is 6.07 Å². The van der Waals surface area contributed by atoms with E-state index in [0.717, 1.165) is 21.9 Å². The molecule has 5 amide bonds. The van der Waals surface area contributed by atoms with Crippen molar-refractivity contribution in [2.45, 2.75) is 82.0 Å². The largest absolute Gasteiger partial charge is 0.417 e. The van der Waals surface area contributed by atoms with Crippen LogP contribution in [0.3, 0.4) is 0 Å². The number of hydrogen-bond donors (Lipinski definition) is 2. The van der Waals surface area contributed by atoms with E-state index < -0.39 is 65.4 Å². The van der Waals surface area contributed by atoms with Crippen molar-refractivity contribution >= 4 is 69.2 Å². The maximum Gasteiger partial charge on any atom is 0.417 e. The lowest BCUT2D eigenvalue weighted by molar-refractivity contribution is -0.197. The van der Waals surface area contributed by atoms with Crippen LogP contribution in [0.4, 0.5) is 48.3 Å². The van der Waals surface area contributed by atoms with E-state index in [4.69, 9.17) is 17.0 Å². The zero-order chi connectivity index (χ0) is 44.9. The minimum atomic E-state index is -4.82. The first-order valence-corrected chi connectivity index (χ1v) is 20.4. The number of thiocarbonyl (C=S) groups is 1. The average Bonchev–Trinajstić information content (AvgIpc) is 3.63. The van der Waals surface area contributed by atoms with Gasteiger partial charge in [0.15, 0.2) is 10.9 Å². The molecule has 3 aliphatic heterocycles. The Morgan fingerprint density at radius 3 is 2.44 bits per heavy atom. The highest BCUT2D eigenvalue weighted by Crippen LogP contribution is 2.41. The van der Waals surface area contributed by atoms with Gasteiger partial charge in [0.25, 0.3) is 5.91 Å². The molecule has 0 bridgehead atoms. The molecule has 4 heterocycles. The Morgan fingerprint density at radius 1 is 1.05 bits per heavy atom. The van der Waals surface area contributed by atoms with Crippen molar-refractivity contribution < 1.29 is 50.3 Å². The van der Waals surface area contributed by atoms with Gasteiger partial charge in [-0.25, -0.2) is 4.79 Å². The number of benzene rings is 2. The summed E-state index contributed by atoms with van der Waals surface area (Å²) in [6.45, 7) is 3.12. The lowest BCUT2D eigenvalue weighted by Gasteiger charge is -2.42. The molecule has 15 nitrogen and oxygen atoms in total. The fourth-order valence-corrected chi connectivity index (χ4v) is 9.38. The van der Waals surface area contributed by atoms with Gasteiger partial charge >= 0.3 is 18.4 Å². The second-order valence-corrected chi connectivity index (χ2v) is 16.6. The van der Waals surface area contributed by atoms with Gasteiger partial charge in [-0.2, -0.15) is 36.7 Å². The van der Waals surface area contributed by atoms with Crippen LogP contribution in [-0.4, -0.2) is 129 Å². The Labute approximate surface area is 357 Å². The number of nitrogens with one attached hydrogen (secondary N) is 2. The molecule has 0 spiro atoms. The lowest BCUT2D eigenvalue weighted by Crippen LogP contribution is -2.60. The molecule has 0 radical (unpaired) electrons. The molecule has 4 fully saturated rings. The number of amides is 5. The summed E-state index contributed by atoms with van der Waals surface area (Å²) in [5, 5.41) is 19.2. The van der Waals surface area contributed by atoms with Crippen LogP contribution >= 0.6 is 12.2 Å². The van der Waals surface area contributed by atoms with Crippen LogP contribution in [0.1, 0.15) is 57.1 Å². The fraction of sp³-hybridized carbons (Fsp3) is 0.525. The smallest absolute Gasteiger partial charge is 0.377 e. The van der Waals surface area contributed by atoms with Crippen LogP contribution in [0.15, 0.2) is 36.4 Å². The minimum absolute atomic E-state index is 0.0349. The zero-order valence-electron chi connectivity index (χ0n) is 34.0. The second kappa shape index (κ2) is 17.1. The zero-order valence-corrected chi connectivity index (χ0v) is 34.8. The highest BCUT2D eigenvalue weighted by atomic mass is 32.1. The summed E-state index contributed by atoms with van der Waals surface area (Å²) in [5.74, 6) is -1.30. The number of carbonyl (C=O) groups is 4. The number of urea groups is 1. The first-order chi connectivity index (χ1) is 29.2. The van der Waals surface area contributed by atoms with Crippen LogP contribution in [0.5, 0.6) is 0 Å². The van der Waals surface area contributed by atoms with Crippen LogP contribution in [-0.2, 0) is 32.3 Å². The number of carbonyl (C=O) groups excluding carboxylic acids is 4. The van der Waals surface area contributed by atoms with Gasteiger partial charge in [-0.15, -0.1) is 0 Å². The second-order valence-electron chi connectivity index (χ2n) is 16.3. The Bertz CT molecular complexity index is 2320. The third-order valence-electron chi connectivity index (χ3n) is 11.9. The monoisotopic (exact) mass is 890 g/mol. The van der Waals surface area contributed by atoms with E-state index in [1.807, 2.05) is 0 Å². The summed E-state index contributed by atoms with van der Waals surface area (Å²) in [6.07, 6.45) is -7.39. The highest BCUT2D eigenvalue weighted by Gasteiger charge is 2.53. The number of aryl methyl sites for hydroxylation is 1. The molecule has 1 aromatic heterocycles. The molecule has 22 heteroatoms. The molecular formula is C40H44F6N10O5S. The number of aromatic nitrogens is 2. The number of anilines is 3. The van der Waals surface area contributed by atoms with Crippen molar-refractivity contribution in [3.05, 3.63) is 47.5 Å². The predicted octanol–water partition coefficient (Wildman–Crippen LogP) is 5.14. The van der Waals surface area contributed by atoms with Gasteiger partial charge in [0.2, 0.25) is 11.8 Å². The van der Waals surface area contributed by atoms with Crippen LogP contribution in [0.2, 0.25) is 0 Å². The van der Waals surface area contributed by atoms with Crippen molar-refractivity contribution in [3.63, 3.8) is 0 Å². The number of nitrogens with zero attached hydrogens (tertiary/aromatic N) is 8. The standard InChI is InChI=1S/C40H44F6N10O5S/c1-38(2)35(59)55(25-8-7-23(20-47)28(19-25)39(41,42)43)37(62)56(38)24-9-11-26(12-10-24)61-18-17-52-15-16-53(30(21-52)40(44,45)46)22-32(58)48-29-6-4-5-27-33(29)51(3)50-34(27)54-14-13-31(57)49-36(54)60/h4-8,19,24,26,30H,9-18,21-22H2,1-3H3,(H,48,58)(H,49,57,60)/t24-,26-,30-/m1/s1. The molecule has 7 rings (SSSR count). The average molecular weight is 891 g/mol. The number of fused-ring (bicyclic) bond motifs is 1. The number of imide groups is 1. The summed E-state index contributed by atoms with van der Waals surface area (Å²) in [5.41, 5.74) is -2.26. The third kappa shape index (κ3) is 8.80. The van der Waals surface area contributed by atoms with Crippen molar-refractivity contribution in [2.24, 2.45) is 7.05 Å². The maximum absolute atomic E-state index is 14.4. The predicted molar refractivity (Wildman–Crippen MR) is 217 cm³/mol. The number of rotatable bonds is 10. The summed E-state index contributed by atoms with van der Waals surface area (Å²) >= 11 is 5.68. The minimum Gasteiger partial charge on any atom is -0.377 e. The summed E-state index contributed by atoms with van der Waals surface area (Å²) in [4.78, 5) is 58.0. The summed E-state index contributed by atoms with van der Waals surface area (Å²) < 4.78 is 92.1. The van der Waals surface area contributed by atoms with Gasteiger partial charge in [0.05, 0.1) is 53.3 Å². The Kier molecular flexibility index (Phi) is 12.3. The number of nitriles is 1. The van der Waals surface area contributed by atoms with Crippen molar-refractivity contribution in [1.82, 2.24) is 29.8 Å². The Balaban J connectivity index is 0.910. The fourth-order valence-electron chi connectivity index (χ4n) is 8.81. The number of piperazine rings is 1. The molecule has 332 valence electrons. The lowest BCUT2D eigenvalue weighted by atomic mass is 9.89. The number of hydrogen-bond acceptors (Lipinski definition) is 10. The van der Waals surface area contributed by atoms with Crippen molar-refractivity contribution in [3.8, 4) is 6.07 Å². The van der Waals surface area contributed by atoms with Crippen LogP contribution in [0.25, 0.3) is 10.9 Å². The number of para-hydroxylation sites is 1. The molecule has 1 atom stereocenters. The van der Waals surface area contributed by atoms with E-state index in [0.29, 0.717) is 42.3 Å².